The van der Waals surface area contributed by atoms with E-state index < -0.39 is 0 Å². The summed E-state index contributed by atoms with van der Waals surface area (Å²) in [6.45, 7) is 0.870. The number of nitrogens with zero attached hydrogens (tertiary/aromatic N) is 1. The second kappa shape index (κ2) is 5.31. The summed E-state index contributed by atoms with van der Waals surface area (Å²) in [6, 6.07) is -0.0221. The molecule has 1 heterocycles. The number of likely N-dealkylation sites (N-methyl/N-ethyl adjacent to an activating group) is 1. The SMILES string of the molecule is CN/C(=C\SC)N1CC2CC2CC(NC)C1=O. The van der Waals surface area contributed by atoms with Crippen LogP contribution in [0.25, 0.3) is 0 Å². The van der Waals surface area contributed by atoms with Crippen molar-refractivity contribution in [1.82, 2.24) is 15.5 Å². The zero-order valence-corrected chi connectivity index (χ0v) is 11.5. The first-order chi connectivity index (χ1) is 8.21. The first-order valence-corrected chi connectivity index (χ1v) is 7.39. The first-order valence-electron chi connectivity index (χ1n) is 6.10. The predicted molar refractivity (Wildman–Crippen MR) is 71.4 cm³/mol. The molecule has 1 saturated heterocycles. The highest BCUT2D eigenvalue weighted by Gasteiger charge is 2.46. The molecule has 0 bridgehead atoms. The molecular formula is C12H21N3OS. The summed E-state index contributed by atoms with van der Waals surface area (Å²) in [6.07, 6.45) is 4.28. The number of carbonyl (C=O) groups excluding carboxylic acids is 1. The smallest absolute Gasteiger partial charge is 0.245 e. The van der Waals surface area contributed by atoms with E-state index in [0.717, 1.165) is 24.7 Å². The van der Waals surface area contributed by atoms with Gasteiger partial charge in [-0.3, -0.25) is 9.69 Å². The van der Waals surface area contributed by atoms with Gasteiger partial charge in [0, 0.05) is 19.0 Å². The Hall–Kier alpha value is -0.680. The molecule has 0 aromatic rings. The second-order valence-corrected chi connectivity index (χ2v) is 5.48. The number of amides is 1. The molecular weight excluding hydrogens is 234 g/mol. The van der Waals surface area contributed by atoms with Crippen molar-refractivity contribution in [3.8, 4) is 0 Å². The minimum atomic E-state index is -0.0221. The minimum absolute atomic E-state index is 0.0221. The molecule has 4 nitrogen and oxygen atoms in total. The topological polar surface area (TPSA) is 44.4 Å². The summed E-state index contributed by atoms with van der Waals surface area (Å²) < 4.78 is 0. The van der Waals surface area contributed by atoms with E-state index in [2.05, 4.69) is 10.6 Å². The lowest BCUT2D eigenvalue weighted by Crippen LogP contribution is -2.46. The summed E-state index contributed by atoms with van der Waals surface area (Å²) in [5, 5.41) is 8.29. The molecule has 2 N–H and O–H groups in total. The largest absolute Gasteiger partial charge is 0.374 e. The van der Waals surface area contributed by atoms with E-state index >= 15 is 0 Å². The average Bonchev–Trinajstić information content (AvgIpc) is 3.08. The molecule has 0 aromatic carbocycles. The number of nitrogens with one attached hydrogen (secondary N) is 2. The van der Waals surface area contributed by atoms with Crippen LogP contribution < -0.4 is 10.6 Å². The van der Waals surface area contributed by atoms with Gasteiger partial charge in [0.05, 0.1) is 6.04 Å². The zero-order chi connectivity index (χ0) is 12.4. The van der Waals surface area contributed by atoms with Crippen molar-refractivity contribution in [3.63, 3.8) is 0 Å². The van der Waals surface area contributed by atoms with Crippen molar-refractivity contribution in [1.29, 1.82) is 0 Å². The van der Waals surface area contributed by atoms with Gasteiger partial charge in [-0.05, 0) is 38.0 Å². The number of carbonyl (C=O) groups is 1. The summed E-state index contributed by atoms with van der Waals surface area (Å²) in [4.78, 5) is 14.3. The van der Waals surface area contributed by atoms with Crippen LogP contribution in [0.1, 0.15) is 12.8 Å². The normalized spacial score (nSPS) is 33.1. The maximum atomic E-state index is 12.4. The van der Waals surface area contributed by atoms with Gasteiger partial charge in [0.15, 0.2) is 0 Å². The molecule has 96 valence electrons. The Morgan fingerprint density at radius 3 is 2.76 bits per heavy atom. The van der Waals surface area contributed by atoms with E-state index in [1.165, 1.54) is 6.42 Å². The summed E-state index contributed by atoms with van der Waals surface area (Å²) in [7, 11) is 3.75. The van der Waals surface area contributed by atoms with Crippen molar-refractivity contribution in [3.05, 3.63) is 11.2 Å². The molecule has 2 aliphatic rings. The number of hydrogen-bond acceptors (Lipinski definition) is 4. The van der Waals surface area contributed by atoms with E-state index in [0.29, 0.717) is 5.92 Å². The Morgan fingerprint density at radius 1 is 1.41 bits per heavy atom. The maximum absolute atomic E-state index is 12.4. The van der Waals surface area contributed by atoms with Gasteiger partial charge in [0.25, 0.3) is 0 Å². The Morgan fingerprint density at radius 2 is 2.18 bits per heavy atom. The van der Waals surface area contributed by atoms with Crippen molar-refractivity contribution in [2.45, 2.75) is 18.9 Å². The highest BCUT2D eigenvalue weighted by atomic mass is 32.2. The Bertz CT molecular complexity index is 332. The highest BCUT2D eigenvalue weighted by molar-refractivity contribution is 8.01. The van der Waals surface area contributed by atoms with Crippen molar-refractivity contribution < 1.29 is 4.79 Å². The molecule has 1 aliphatic heterocycles. The fourth-order valence-electron chi connectivity index (χ4n) is 2.57. The molecule has 5 heteroatoms. The van der Waals surface area contributed by atoms with Crippen LogP contribution >= 0.6 is 11.8 Å². The predicted octanol–water partition coefficient (Wildman–Crippen LogP) is 0.824. The molecule has 0 aromatic heterocycles. The van der Waals surface area contributed by atoms with Crippen LogP contribution in [0, 0.1) is 11.8 Å². The molecule has 17 heavy (non-hydrogen) atoms. The molecule has 2 fully saturated rings. The Balaban J connectivity index is 2.18. The number of rotatable bonds is 4. The minimum Gasteiger partial charge on any atom is -0.374 e. The zero-order valence-electron chi connectivity index (χ0n) is 10.7. The molecule has 1 saturated carbocycles. The molecule has 3 unspecified atom stereocenters. The molecule has 3 atom stereocenters. The maximum Gasteiger partial charge on any atom is 0.245 e. The van der Waals surface area contributed by atoms with E-state index in [4.69, 9.17) is 0 Å². The van der Waals surface area contributed by atoms with Gasteiger partial charge in [-0.2, -0.15) is 0 Å². The van der Waals surface area contributed by atoms with Gasteiger partial charge in [-0.1, -0.05) is 0 Å². The summed E-state index contributed by atoms with van der Waals surface area (Å²) in [5.41, 5.74) is 0. The summed E-state index contributed by atoms with van der Waals surface area (Å²) in [5.74, 6) is 2.58. The van der Waals surface area contributed by atoms with Crippen LogP contribution in [-0.4, -0.2) is 43.7 Å². The van der Waals surface area contributed by atoms with Crippen LogP contribution in [0.3, 0.4) is 0 Å². The monoisotopic (exact) mass is 255 g/mol. The second-order valence-electron chi connectivity index (χ2n) is 4.77. The number of fused-ring (bicyclic) bond motifs is 1. The lowest BCUT2D eigenvalue weighted by Gasteiger charge is -2.27. The average molecular weight is 255 g/mol. The molecule has 0 spiro atoms. The van der Waals surface area contributed by atoms with Gasteiger partial charge in [-0.15, -0.1) is 11.8 Å². The lowest BCUT2D eigenvalue weighted by molar-refractivity contribution is -0.131. The van der Waals surface area contributed by atoms with Crippen molar-refractivity contribution in [2.75, 3.05) is 26.9 Å². The van der Waals surface area contributed by atoms with Crippen LogP contribution in [0.5, 0.6) is 0 Å². The van der Waals surface area contributed by atoms with Crippen molar-refractivity contribution in [2.24, 2.45) is 11.8 Å². The molecule has 2 rings (SSSR count). The standard InChI is InChI=1S/C12H21N3OS/c1-13-10-5-8-4-9(8)6-15(12(10)16)11(14-2)7-17-3/h7-10,13-14H,4-6H2,1-3H3/b11-7+. The van der Waals surface area contributed by atoms with Gasteiger partial charge >= 0.3 is 0 Å². The van der Waals surface area contributed by atoms with Gasteiger partial charge in [0.2, 0.25) is 5.91 Å². The highest BCUT2D eigenvalue weighted by Crippen LogP contribution is 2.45. The lowest BCUT2D eigenvalue weighted by atomic mass is 10.1. The molecule has 1 aliphatic carbocycles. The number of likely N-dealkylation sites (tertiary alicyclic amines) is 1. The fraction of sp³-hybridized carbons (Fsp3) is 0.750. The fourth-order valence-corrected chi connectivity index (χ4v) is 3.03. The molecule has 0 radical (unpaired) electrons. The van der Waals surface area contributed by atoms with Gasteiger partial charge in [0.1, 0.15) is 5.82 Å². The number of thioether (sulfide) groups is 1. The van der Waals surface area contributed by atoms with E-state index in [1.807, 2.05) is 30.7 Å². The third kappa shape index (κ3) is 2.60. The quantitative estimate of drug-likeness (QED) is 0.781. The third-order valence-electron chi connectivity index (χ3n) is 3.71. The molecule has 1 amide bonds. The van der Waals surface area contributed by atoms with Crippen LogP contribution in [0.4, 0.5) is 0 Å². The van der Waals surface area contributed by atoms with Crippen LogP contribution in [0.15, 0.2) is 11.2 Å². The van der Waals surface area contributed by atoms with Crippen LogP contribution in [0.2, 0.25) is 0 Å². The van der Waals surface area contributed by atoms with E-state index in [9.17, 15) is 4.79 Å². The van der Waals surface area contributed by atoms with Gasteiger partial charge in [-0.25, -0.2) is 0 Å². The van der Waals surface area contributed by atoms with Crippen molar-refractivity contribution >= 4 is 17.7 Å². The first kappa shape index (κ1) is 12.8. The Labute approximate surface area is 107 Å². The third-order valence-corrected chi connectivity index (χ3v) is 4.17. The van der Waals surface area contributed by atoms with Gasteiger partial charge < -0.3 is 10.6 Å². The number of hydrogen-bond donors (Lipinski definition) is 2. The Kier molecular flexibility index (Phi) is 3.99. The van der Waals surface area contributed by atoms with Crippen LogP contribution in [-0.2, 0) is 4.79 Å². The summed E-state index contributed by atoms with van der Waals surface area (Å²) >= 11 is 1.62. The van der Waals surface area contributed by atoms with E-state index in [-0.39, 0.29) is 11.9 Å². The van der Waals surface area contributed by atoms with E-state index in [1.54, 1.807) is 11.8 Å².